The number of aryl methyl sites for hydroxylation is 1. The Bertz CT molecular complexity index is 1550. The molecule has 0 spiro atoms. The molecule has 14 heteroatoms. The van der Waals surface area contributed by atoms with Crippen LogP contribution in [0.3, 0.4) is 0 Å². The second kappa shape index (κ2) is 11.8. The number of nitrogens with one attached hydrogen (secondary N) is 1. The maximum atomic E-state index is 13.7. The van der Waals surface area contributed by atoms with Crippen molar-refractivity contribution in [1.29, 1.82) is 0 Å². The quantitative estimate of drug-likeness (QED) is 0.285. The zero-order valence-corrected chi connectivity index (χ0v) is 24.2. The maximum absolute atomic E-state index is 13.7. The highest BCUT2D eigenvalue weighted by Gasteiger charge is 2.35. The minimum absolute atomic E-state index is 0.0959. The van der Waals surface area contributed by atoms with Crippen molar-refractivity contribution in [1.82, 2.24) is 29.7 Å². The van der Waals surface area contributed by atoms with Crippen LogP contribution >= 0.6 is 0 Å². The van der Waals surface area contributed by atoms with Crippen molar-refractivity contribution < 1.29 is 22.6 Å². The van der Waals surface area contributed by atoms with E-state index in [4.69, 9.17) is 14.2 Å². The van der Waals surface area contributed by atoms with Gasteiger partial charge in [-0.25, -0.2) is 23.4 Å². The van der Waals surface area contributed by atoms with Crippen molar-refractivity contribution >= 4 is 21.8 Å². The minimum atomic E-state index is -4.13. The number of pyridine rings is 1. The number of aromatic nitrogens is 6. The van der Waals surface area contributed by atoms with Crippen molar-refractivity contribution in [2.75, 3.05) is 45.0 Å². The molecule has 4 rings (SSSR count). The molecular weight excluding hydrogens is 536 g/mol. The van der Waals surface area contributed by atoms with Crippen LogP contribution < -0.4 is 19.1 Å². The van der Waals surface area contributed by atoms with Crippen LogP contribution in [0.15, 0.2) is 48.8 Å². The molecule has 0 amide bonds. The molecule has 0 aliphatic carbocycles. The van der Waals surface area contributed by atoms with E-state index >= 15 is 0 Å². The summed E-state index contributed by atoms with van der Waals surface area (Å²) in [6.07, 6.45) is 2.26. The highest BCUT2D eigenvalue weighted by Crippen LogP contribution is 2.38. The molecule has 0 bridgehead atoms. The highest BCUT2D eigenvalue weighted by molar-refractivity contribution is 7.93. The Morgan fingerprint density at radius 3 is 2.15 bits per heavy atom. The monoisotopic (exact) mass is 568 g/mol. The lowest BCUT2D eigenvalue weighted by Crippen LogP contribution is -2.33. The lowest BCUT2D eigenvalue weighted by molar-refractivity contribution is 0.0949. The predicted molar refractivity (Wildman–Crippen MR) is 151 cm³/mol. The van der Waals surface area contributed by atoms with Gasteiger partial charge < -0.3 is 19.1 Å². The van der Waals surface area contributed by atoms with Crippen LogP contribution in [0.2, 0.25) is 0 Å². The number of hydrogen-bond donors (Lipinski definition) is 1. The fourth-order valence-corrected chi connectivity index (χ4v) is 5.15. The second-order valence-electron chi connectivity index (χ2n) is 9.10. The summed E-state index contributed by atoms with van der Waals surface area (Å²) in [5.41, 5.74) is 1.68. The predicted octanol–water partition coefficient (Wildman–Crippen LogP) is 3.03. The van der Waals surface area contributed by atoms with Gasteiger partial charge in [0, 0.05) is 33.6 Å². The highest BCUT2D eigenvalue weighted by atomic mass is 32.2. The minimum Gasteiger partial charge on any atom is -0.494 e. The van der Waals surface area contributed by atoms with Gasteiger partial charge in [0.15, 0.2) is 11.6 Å². The summed E-state index contributed by atoms with van der Waals surface area (Å²) in [6, 6.07) is 10.6. The van der Waals surface area contributed by atoms with Gasteiger partial charge in [-0.2, -0.15) is 0 Å². The molecule has 2 atom stereocenters. The Hall–Kier alpha value is -4.30. The van der Waals surface area contributed by atoms with E-state index < -0.39 is 21.4 Å². The summed E-state index contributed by atoms with van der Waals surface area (Å²) >= 11 is 0. The molecule has 0 aliphatic rings. The molecule has 212 valence electrons. The van der Waals surface area contributed by atoms with Crippen molar-refractivity contribution in [2.24, 2.45) is 0 Å². The normalized spacial score (nSPS) is 13.0. The van der Waals surface area contributed by atoms with Crippen LogP contribution in [0, 0.1) is 6.92 Å². The number of nitrogens with zero attached hydrogens (tertiary/aromatic N) is 7. The van der Waals surface area contributed by atoms with Crippen molar-refractivity contribution in [2.45, 2.75) is 25.2 Å². The second-order valence-corrected chi connectivity index (χ2v) is 11.1. The maximum Gasteiger partial charge on any atom is 0.243 e. The number of hydrogen-bond acceptors (Lipinski definition) is 11. The first-order valence-corrected chi connectivity index (χ1v) is 13.8. The molecule has 0 unspecified atom stereocenters. The molecule has 0 saturated carbocycles. The number of anilines is 2. The van der Waals surface area contributed by atoms with Gasteiger partial charge in [-0.05, 0) is 43.7 Å². The fraction of sp³-hybridized carbons (Fsp3) is 0.346. The summed E-state index contributed by atoms with van der Waals surface area (Å²) in [7, 11) is 4.01. The molecule has 3 heterocycles. The number of sulfonamides is 1. The largest absolute Gasteiger partial charge is 0.494 e. The Kier molecular flexibility index (Phi) is 8.49. The van der Waals surface area contributed by atoms with Gasteiger partial charge in [-0.15, -0.1) is 10.2 Å². The summed E-state index contributed by atoms with van der Waals surface area (Å²) < 4.78 is 48.3. The van der Waals surface area contributed by atoms with Gasteiger partial charge in [-0.1, -0.05) is 12.1 Å². The van der Waals surface area contributed by atoms with Crippen LogP contribution in [0.25, 0.3) is 17.2 Å². The molecule has 0 aliphatic heterocycles. The molecule has 13 nitrogen and oxygen atoms in total. The van der Waals surface area contributed by atoms with E-state index in [0.717, 1.165) is 5.56 Å². The summed E-state index contributed by atoms with van der Waals surface area (Å²) in [4.78, 5) is 15.0. The third-order valence-corrected chi connectivity index (χ3v) is 7.86. The molecule has 0 radical (unpaired) electrons. The first-order valence-electron chi connectivity index (χ1n) is 12.3. The summed E-state index contributed by atoms with van der Waals surface area (Å²) in [5, 5.41) is 7.44. The van der Waals surface area contributed by atoms with Gasteiger partial charge in [0.25, 0.3) is 0 Å². The average Bonchev–Trinajstić information content (AvgIpc) is 3.36. The van der Waals surface area contributed by atoms with E-state index in [9.17, 15) is 8.42 Å². The van der Waals surface area contributed by atoms with Crippen LogP contribution in [0.1, 0.15) is 24.4 Å². The van der Waals surface area contributed by atoms with Crippen LogP contribution in [0.5, 0.6) is 11.5 Å². The van der Waals surface area contributed by atoms with E-state index in [-0.39, 0.29) is 17.6 Å². The van der Waals surface area contributed by atoms with Crippen LogP contribution in [-0.4, -0.2) is 78.8 Å². The fourth-order valence-electron chi connectivity index (χ4n) is 4.02. The lowest BCUT2D eigenvalue weighted by Gasteiger charge is -2.23. The number of methoxy groups -OCH3 is 3. The molecule has 1 aromatic carbocycles. The number of para-hydroxylation sites is 1. The number of benzene rings is 1. The Morgan fingerprint density at radius 1 is 0.950 bits per heavy atom. The van der Waals surface area contributed by atoms with E-state index in [1.807, 2.05) is 38.1 Å². The number of rotatable bonds is 11. The molecular formula is C26H32N8O5S. The van der Waals surface area contributed by atoms with E-state index in [0.29, 0.717) is 28.7 Å². The molecule has 3 aromatic heterocycles. The third-order valence-electron chi connectivity index (χ3n) is 6.17. The van der Waals surface area contributed by atoms with E-state index in [1.54, 1.807) is 36.7 Å². The SMILES string of the molecule is COc1cccc(OC)c1-n1c(NS(=O)(=O)[C@@H](C)[C@H](OC)c2ncc(C)cn2)nnc1-c1cccc(N(C)C)n1. The van der Waals surface area contributed by atoms with Crippen molar-refractivity contribution in [3.8, 4) is 28.7 Å². The zero-order valence-electron chi connectivity index (χ0n) is 23.4. The zero-order chi connectivity index (χ0) is 29.0. The first-order chi connectivity index (χ1) is 19.1. The first kappa shape index (κ1) is 28.7. The van der Waals surface area contributed by atoms with Gasteiger partial charge in [0.05, 0.1) is 14.2 Å². The van der Waals surface area contributed by atoms with Crippen LogP contribution in [-0.2, 0) is 14.8 Å². The van der Waals surface area contributed by atoms with Gasteiger partial charge >= 0.3 is 0 Å². The smallest absolute Gasteiger partial charge is 0.243 e. The molecule has 0 saturated heterocycles. The molecule has 4 aromatic rings. The Balaban J connectivity index is 1.86. The summed E-state index contributed by atoms with van der Waals surface area (Å²) in [5.74, 6) is 1.89. The standard InChI is InChI=1S/C26H32N8O5S/c1-16-14-27-24(28-15-16)23(39-7)17(2)40(35,36)32-26-31-30-25(18-10-8-13-21(29-18)33(3)4)34(26)22-19(37-5)11-9-12-20(22)38-6/h8-15,17,23H,1-7H3,(H,31,32)/t17-,23-/m0/s1. The van der Waals surface area contributed by atoms with Gasteiger partial charge in [-0.3, -0.25) is 9.29 Å². The number of ether oxygens (including phenoxy) is 3. The molecule has 40 heavy (non-hydrogen) atoms. The Morgan fingerprint density at radius 2 is 1.57 bits per heavy atom. The van der Waals surface area contributed by atoms with Crippen molar-refractivity contribution in [3.05, 3.63) is 60.2 Å². The Labute approximate surface area is 233 Å². The lowest BCUT2D eigenvalue weighted by atomic mass is 10.2. The topological polar surface area (TPSA) is 146 Å². The molecule has 0 fully saturated rings. The van der Waals surface area contributed by atoms with Gasteiger partial charge in [0.2, 0.25) is 16.0 Å². The van der Waals surface area contributed by atoms with Gasteiger partial charge in [0.1, 0.15) is 40.1 Å². The summed E-state index contributed by atoms with van der Waals surface area (Å²) in [6.45, 7) is 3.35. The van der Waals surface area contributed by atoms with Crippen molar-refractivity contribution in [3.63, 3.8) is 0 Å². The van der Waals surface area contributed by atoms with E-state index in [2.05, 4.69) is 29.9 Å². The van der Waals surface area contributed by atoms with E-state index in [1.165, 1.54) is 32.8 Å². The third kappa shape index (κ3) is 5.67. The van der Waals surface area contributed by atoms with Crippen LogP contribution in [0.4, 0.5) is 11.8 Å². The average molecular weight is 569 g/mol. The molecule has 1 N–H and O–H groups in total.